The number of rotatable bonds is 7. The van der Waals surface area contributed by atoms with Crippen LogP contribution in [0.5, 0.6) is 0 Å². The van der Waals surface area contributed by atoms with E-state index in [0.717, 1.165) is 31.6 Å². The Morgan fingerprint density at radius 1 is 1.38 bits per heavy atom. The molecule has 0 aromatic carbocycles. The van der Waals surface area contributed by atoms with Crippen LogP contribution in [0.2, 0.25) is 0 Å². The van der Waals surface area contributed by atoms with E-state index in [1.165, 1.54) is 12.8 Å². The Balaban J connectivity index is 1.58. The van der Waals surface area contributed by atoms with Crippen LogP contribution >= 0.6 is 0 Å². The van der Waals surface area contributed by atoms with Crippen molar-refractivity contribution in [1.82, 2.24) is 14.7 Å². The van der Waals surface area contributed by atoms with Crippen molar-refractivity contribution in [3.63, 3.8) is 0 Å². The quantitative estimate of drug-likeness (QED) is 0.820. The summed E-state index contributed by atoms with van der Waals surface area (Å²) in [5.74, 6) is 0.797. The molecule has 1 aromatic rings. The number of nitrogens with one attached hydrogen (secondary N) is 1. The minimum Gasteiger partial charge on any atom is -0.383 e. The van der Waals surface area contributed by atoms with Crippen molar-refractivity contribution in [3.05, 3.63) is 12.3 Å². The maximum atomic E-state index is 12.5. The van der Waals surface area contributed by atoms with Gasteiger partial charge in [0, 0.05) is 32.9 Å². The Labute approximate surface area is 143 Å². The summed E-state index contributed by atoms with van der Waals surface area (Å²) in [5, 5.41) is 7.43. The summed E-state index contributed by atoms with van der Waals surface area (Å²) in [5.41, 5.74) is 0. The molecule has 7 nitrogen and oxygen atoms in total. The molecule has 1 saturated carbocycles. The zero-order chi connectivity index (χ0) is 16.9. The fraction of sp³-hybridized carbons (Fsp3) is 0.765. The molecule has 0 spiro atoms. The summed E-state index contributed by atoms with van der Waals surface area (Å²) in [6.07, 6.45) is 7.59. The number of methoxy groups -OCH3 is 2. The van der Waals surface area contributed by atoms with E-state index in [1.54, 1.807) is 20.4 Å². The lowest BCUT2D eigenvalue weighted by atomic mass is 10.2. The monoisotopic (exact) mass is 336 g/mol. The molecule has 2 heterocycles. The minimum absolute atomic E-state index is 0.00685. The number of carbonyl (C=O) groups excluding carboxylic acids is 1. The van der Waals surface area contributed by atoms with Gasteiger partial charge >= 0.3 is 0 Å². The van der Waals surface area contributed by atoms with Crippen LogP contribution in [0.15, 0.2) is 12.3 Å². The zero-order valence-electron chi connectivity index (χ0n) is 14.6. The normalized spacial score (nSPS) is 25.4. The van der Waals surface area contributed by atoms with E-state index >= 15 is 0 Å². The molecule has 3 rings (SSSR count). The number of amides is 1. The lowest BCUT2D eigenvalue weighted by Crippen LogP contribution is -2.39. The Hall–Kier alpha value is -1.44. The van der Waals surface area contributed by atoms with Crippen LogP contribution in [0.1, 0.15) is 38.1 Å². The number of anilines is 1. The van der Waals surface area contributed by atoms with Crippen molar-refractivity contribution < 1.29 is 14.3 Å². The van der Waals surface area contributed by atoms with Gasteiger partial charge < -0.3 is 14.8 Å². The van der Waals surface area contributed by atoms with Gasteiger partial charge in [0.1, 0.15) is 5.82 Å². The maximum Gasteiger partial charge on any atom is 0.239 e. The molecule has 2 aliphatic rings. The van der Waals surface area contributed by atoms with E-state index in [-0.39, 0.29) is 18.1 Å². The smallest absolute Gasteiger partial charge is 0.239 e. The summed E-state index contributed by atoms with van der Waals surface area (Å²) in [7, 11) is 3.41. The highest BCUT2D eigenvalue weighted by Gasteiger charge is 2.33. The SMILES string of the molecule is COC[C@@H]1C[C@H](OC)CN1CC(=O)Nc1ccnn1C1CCCC1. The van der Waals surface area contributed by atoms with Crippen molar-refractivity contribution in [1.29, 1.82) is 0 Å². The summed E-state index contributed by atoms with van der Waals surface area (Å²) in [6, 6.07) is 2.52. The minimum atomic E-state index is -0.00685. The molecule has 0 radical (unpaired) electrons. The van der Waals surface area contributed by atoms with Crippen LogP contribution < -0.4 is 5.32 Å². The Bertz CT molecular complexity index is 542. The largest absolute Gasteiger partial charge is 0.383 e. The molecule has 0 unspecified atom stereocenters. The van der Waals surface area contributed by atoms with Gasteiger partial charge in [0.05, 0.1) is 31.5 Å². The summed E-state index contributed by atoms with van der Waals surface area (Å²) < 4.78 is 12.7. The van der Waals surface area contributed by atoms with Gasteiger partial charge in [-0.3, -0.25) is 9.69 Å². The average Bonchev–Trinajstić information content (AvgIpc) is 3.28. The van der Waals surface area contributed by atoms with Gasteiger partial charge in [-0.25, -0.2) is 4.68 Å². The van der Waals surface area contributed by atoms with Crippen LogP contribution in [0.25, 0.3) is 0 Å². The van der Waals surface area contributed by atoms with Crippen LogP contribution in [0.3, 0.4) is 0 Å². The third-order valence-corrected chi connectivity index (χ3v) is 5.14. The predicted octanol–water partition coefficient (Wildman–Crippen LogP) is 1.67. The van der Waals surface area contributed by atoms with Crippen molar-refractivity contribution in [2.75, 3.05) is 39.2 Å². The van der Waals surface area contributed by atoms with E-state index in [9.17, 15) is 4.79 Å². The molecule has 2 fully saturated rings. The first-order valence-corrected chi connectivity index (χ1v) is 8.80. The topological polar surface area (TPSA) is 68.6 Å². The Kier molecular flexibility index (Phi) is 5.86. The molecule has 1 aliphatic carbocycles. The molecule has 1 saturated heterocycles. The first-order chi connectivity index (χ1) is 11.7. The van der Waals surface area contributed by atoms with E-state index in [1.807, 2.05) is 10.7 Å². The van der Waals surface area contributed by atoms with Gasteiger partial charge in [0.15, 0.2) is 0 Å². The fourth-order valence-electron chi connectivity index (χ4n) is 3.89. The van der Waals surface area contributed by atoms with Crippen LogP contribution in [-0.4, -0.2) is 66.6 Å². The van der Waals surface area contributed by atoms with Crippen LogP contribution in [-0.2, 0) is 14.3 Å². The Morgan fingerprint density at radius 2 is 2.17 bits per heavy atom. The lowest BCUT2D eigenvalue weighted by Gasteiger charge is -2.23. The lowest BCUT2D eigenvalue weighted by molar-refractivity contribution is -0.117. The van der Waals surface area contributed by atoms with Crippen molar-refractivity contribution >= 4 is 11.7 Å². The highest BCUT2D eigenvalue weighted by molar-refractivity contribution is 5.91. The average molecular weight is 336 g/mol. The molecule has 24 heavy (non-hydrogen) atoms. The van der Waals surface area contributed by atoms with Gasteiger partial charge in [-0.05, 0) is 19.3 Å². The van der Waals surface area contributed by atoms with Crippen LogP contribution in [0, 0.1) is 0 Å². The second kappa shape index (κ2) is 8.09. The summed E-state index contributed by atoms with van der Waals surface area (Å²) in [6.45, 7) is 1.73. The summed E-state index contributed by atoms with van der Waals surface area (Å²) >= 11 is 0. The molecule has 1 aromatic heterocycles. The zero-order valence-corrected chi connectivity index (χ0v) is 14.6. The summed E-state index contributed by atoms with van der Waals surface area (Å²) in [4.78, 5) is 14.6. The first kappa shape index (κ1) is 17.4. The third kappa shape index (κ3) is 3.96. The second-order valence-electron chi connectivity index (χ2n) is 6.78. The molecular formula is C17H28N4O3. The number of hydrogen-bond donors (Lipinski definition) is 1. The third-order valence-electron chi connectivity index (χ3n) is 5.14. The van der Waals surface area contributed by atoms with E-state index < -0.39 is 0 Å². The number of likely N-dealkylation sites (tertiary alicyclic amines) is 1. The number of aromatic nitrogens is 2. The van der Waals surface area contributed by atoms with Gasteiger partial charge in [0.2, 0.25) is 5.91 Å². The molecule has 134 valence electrons. The highest BCUT2D eigenvalue weighted by Crippen LogP contribution is 2.31. The van der Waals surface area contributed by atoms with Gasteiger partial charge in [-0.15, -0.1) is 0 Å². The van der Waals surface area contributed by atoms with Gasteiger partial charge in [-0.1, -0.05) is 12.8 Å². The number of ether oxygens (including phenoxy) is 2. The van der Waals surface area contributed by atoms with E-state index in [2.05, 4.69) is 15.3 Å². The first-order valence-electron chi connectivity index (χ1n) is 8.80. The molecule has 1 aliphatic heterocycles. The highest BCUT2D eigenvalue weighted by atomic mass is 16.5. The van der Waals surface area contributed by atoms with E-state index in [0.29, 0.717) is 19.2 Å². The molecule has 2 atom stereocenters. The molecule has 1 amide bonds. The number of carbonyl (C=O) groups is 1. The molecule has 0 bridgehead atoms. The van der Waals surface area contributed by atoms with Gasteiger partial charge in [0.25, 0.3) is 0 Å². The Morgan fingerprint density at radius 3 is 2.88 bits per heavy atom. The molecule has 7 heteroatoms. The maximum absolute atomic E-state index is 12.5. The predicted molar refractivity (Wildman–Crippen MR) is 91.0 cm³/mol. The van der Waals surface area contributed by atoms with Gasteiger partial charge in [-0.2, -0.15) is 5.10 Å². The van der Waals surface area contributed by atoms with Crippen molar-refractivity contribution in [3.8, 4) is 0 Å². The van der Waals surface area contributed by atoms with E-state index in [4.69, 9.17) is 9.47 Å². The fourth-order valence-corrected chi connectivity index (χ4v) is 3.89. The molecule has 1 N–H and O–H groups in total. The second-order valence-corrected chi connectivity index (χ2v) is 6.78. The van der Waals surface area contributed by atoms with Crippen molar-refractivity contribution in [2.45, 2.75) is 50.3 Å². The standard InChI is InChI=1S/C17H28N4O3/c1-23-12-14-9-15(24-2)10-20(14)11-17(22)19-16-7-8-18-21(16)13-5-3-4-6-13/h7-8,13-15H,3-6,9-12H2,1-2H3,(H,19,22)/t14-,15-/m0/s1. The number of hydrogen-bond acceptors (Lipinski definition) is 5. The molecular weight excluding hydrogens is 308 g/mol. The van der Waals surface area contributed by atoms with Crippen LogP contribution in [0.4, 0.5) is 5.82 Å². The number of nitrogens with zero attached hydrogens (tertiary/aromatic N) is 3. The van der Waals surface area contributed by atoms with Crippen molar-refractivity contribution in [2.24, 2.45) is 0 Å².